The van der Waals surface area contributed by atoms with Crippen molar-refractivity contribution in [3.8, 4) is 0 Å². The van der Waals surface area contributed by atoms with Crippen molar-refractivity contribution in [3.05, 3.63) is 34.9 Å². The van der Waals surface area contributed by atoms with E-state index in [-0.39, 0.29) is 0 Å². The lowest BCUT2D eigenvalue weighted by Gasteiger charge is -2.02. The van der Waals surface area contributed by atoms with Crippen molar-refractivity contribution < 1.29 is 4.74 Å². The fourth-order valence-electron chi connectivity index (χ4n) is 1.08. The summed E-state index contributed by atoms with van der Waals surface area (Å²) in [5.41, 5.74) is 6.87. The van der Waals surface area contributed by atoms with Gasteiger partial charge in [-0.2, -0.15) is 0 Å². The number of ether oxygens (including phenoxy) is 1. The summed E-state index contributed by atoms with van der Waals surface area (Å²) < 4.78 is 4.88. The Hall–Kier alpha value is -0.710. The first kappa shape index (κ1) is 13.4. The van der Waals surface area contributed by atoms with Crippen LogP contribution in [-0.4, -0.2) is 25.4 Å². The predicted molar refractivity (Wildman–Crippen MR) is 71.1 cm³/mol. The number of thioether (sulfide) groups is 1. The van der Waals surface area contributed by atoms with Crippen molar-refractivity contribution in [2.45, 2.75) is 5.75 Å². The summed E-state index contributed by atoms with van der Waals surface area (Å²) in [7, 11) is 1.64. The number of rotatable bonds is 5. The van der Waals surface area contributed by atoms with Crippen LogP contribution in [0.15, 0.2) is 29.3 Å². The van der Waals surface area contributed by atoms with Crippen LogP contribution < -0.4 is 5.73 Å². The molecule has 1 rings (SSSR count). The van der Waals surface area contributed by atoms with Gasteiger partial charge in [0.2, 0.25) is 0 Å². The van der Waals surface area contributed by atoms with Crippen molar-refractivity contribution >= 4 is 28.5 Å². The molecule has 16 heavy (non-hydrogen) atoms. The number of methoxy groups -OCH3 is 1. The minimum atomic E-state index is 0.581. The van der Waals surface area contributed by atoms with Crippen LogP contribution >= 0.6 is 23.4 Å². The van der Waals surface area contributed by atoms with Crippen LogP contribution in [0.2, 0.25) is 5.02 Å². The van der Waals surface area contributed by atoms with E-state index in [9.17, 15) is 0 Å². The second-order valence-electron chi connectivity index (χ2n) is 3.13. The highest BCUT2D eigenvalue weighted by molar-refractivity contribution is 8.13. The Morgan fingerprint density at radius 3 is 3.06 bits per heavy atom. The molecular formula is C11H15ClN2OS. The number of benzene rings is 1. The molecule has 0 radical (unpaired) electrons. The summed E-state index contributed by atoms with van der Waals surface area (Å²) in [6.45, 7) is 1.20. The SMILES string of the molecule is COCCN=C(N)SCc1cccc(Cl)c1. The predicted octanol–water partition coefficient (Wildman–Crippen LogP) is 2.53. The average molecular weight is 259 g/mol. The molecule has 0 spiro atoms. The molecule has 2 N–H and O–H groups in total. The molecule has 0 atom stereocenters. The largest absolute Gasteiger partial charge is 0.383 e. The number of halogens is 1. The molecule has 0 saturated carbocycles. The Balaban J connectivity index is 2.36. The Bertz CT molecular complexity index is 358. The zero-order valence-electron chi connectivity index (χ0n) is 9.15. The van der Waals surface area contributed by atoms with Crippen molar-refractivity contribution in [1.29, 1.82) is 0 Å². The second-order valence-corrected chi connectivity index (χ2v) is 4.56. The number of hydrogen-bond acceptors (Lipinski definition) is 3. The maximum atomic E-state index is 5.88. The molecule has 0 heterocycles. The van der Waals surface area contributed by atoms with Gasteiger partial charge in [0.1, 0.15) is 0 Å². The molecule has 0 aliphatic carbocycles. The zero-order valence-corrected chi connectivity index (χ0v) is 10.7. The fraction of sp³-hybridized carbons (Fsp3) is 0.364. The lowest BCUT2D eigenvalue weighted by Crippen LogP contribution is -2.09. The third-order valence-corrected chi connectivity index (χ3v) is 2.98. The van der Waals surface area contributed by atoms with Crippen LogP contribution in [0.25, 0.3) is 0 Å². The topological polar surface area (TPSA) is 47.6 Å². The number of nitrogens with zero attached hydrogens (tertiary/aromatic N) is 1. The van der Waals surface area contributed by atoms with E-state index in [0.29, 0.717) is 18.3 Å². The quantitative estimate of drug-likeness (QED) is 0.502. The highest BCUT2D eigenvalue weighted by Gasteiger charge is 1.97. The molecule has 5 heteroatoms. The Labute approximate surface area is 105 Å². The molecule has 0 fully saturated rings. The van der Waals surface area contributed by atoms with Crippen LogP contribution in [0.5, 0.6) is 0 Å². The second kappa shape index (κ2) is 7.54. The molecule has 3 nitrogen and oxygen atoms in total. The minimum Gasteiger partial charge on any atom is -0.383 e. The summed E-state index contributed by atoms with van der Waals surface area (Å²) in [6.07, 6.45) is 0. The van der Waals surface area contributed by atoms with Crippen molar-refractivity contribution in [2.24, 2.45) is 10.7 Å². The first-order valence-electron chi connectivity index (χ1n) is 4.88. The number of nitrogens with two attached hydrogens (primary N) is 1. The maximum absolute atomic E-state index is 5.88. The van der Waals surface area contributed by atoms with Crippen LogP contribution in [-0.2, 0) is 10.5 Å². The number of hydrogen-bond donors (Lipinski definition) is 1. The van der Waals surface area contributed by atoms with Crippen LogP contribution in [0.3, 0.4) is 0 Å². The van der Waals surface area contributed by atoms with E-state index in [4.69, 9.17) is 22.1 Å². The van der Waals surface area contributed by atoms with Gasteiger partial charge in [0, 0.05) is 17.9 Å². The van der Waals surface area contributed by atoms with Gasteiger partial charge in [-0.05, 0) is 17.7 Å². The number of amidine groups is 1. The fourth-order valence-corrected chi connectivity index (χ4v) is 1.97. The van der Waals surface area contributed by atoms with Gasteiger partial charge in [-0.15, -0.1) is 0 Å². The van der Waals surface area contributed by atoms with Crippen LogP contribution in [0.1, 0.15) is 5.56 Å². The smallest absolute Gasteiger partial charge is 0.154 e. The van der Waals surface area contributed by atoms with Crippen LogP contribution in [0.4, 0.5) is 0 Å². The normalized spacial score (nSPS) is 11.8. The summed E-state index contributed by atoms with van der Waals surface area (Å²) >= 11 is 7.38. The molecule has 0 amide bonds. The van der Waals surface area contributed by atoms with Gasteiger partial charge in [-0.3, -0.25) is 4.99 Å². The van der Waals surface area contributed by atoms with Gasteiger partial charge < -0.3 is 10.5 Å². The van der Waals surface area contributed by atoms with Gasteiger partial charge in [-0.1, -0.05) is 35.5 Å². The summed E-state index contributed by atoms with van der Waals surface area (Å²) in [5, 5.41) is 1.32. The van der Waals surface area contributed by atoms with E-state index < -0.39 is 0 Å². The van der Waals surface area contributed by atoms with Gasteiger partial charge in [0.15, 0.2) is 5.17 Å². The first-order chi connectivity index (χ1) is 7.72. The molecule has 0 saturated heterocycles. The average Bonchev–Trinajstić information content (AvgIpc) is 2.27. The van der Waals surface area contributed by atoms with Crippen molar-refractivity contribution in [2.75, 3.05) is 20.3 Å². The Morgan fingerprint density at radius 1 is 1.56 bits per heavy atom. The highest BCUT2D eigenvalue weighted by Crippen LogP contribution is 2.16. The first-order valence-corrected chi connectivity index (χ1v) is 6.25. The summed E-state index contributed by atoms with van der Waals surface area (Å²) in [5.74, 6) is 0.781. The third-order valence-electron chi connectivity index (χ3n) is 1.84. The van der Waals surface area contributed by atoms with Crippen LogP contribution in [0, 0.1) is 0 Å². The highest BCUT2D eigenvalue weighted by atomic mass is 35.5. The zero-order chi connectivity index (χ0) is 11.8. The van der Waals surface area contributed by atoms with Gasteiger partial charge >= 0.3 is 0 Å². The van der Waals surface area contributed by atoms with Crippen molar-refractivity contribution in [1.82, 2.24) is 0 Å². The van der Waals surface area contributed by atoms with Gasteiger partial charge in [0.05, 0.1) is 13.2 Å². The standard InChI is InChI=1S/C11H15ClN2OS/c1-15-6-5-14-11(13)16-8-9-3-2-4-10(12)7-9/h2-4,7H,5-6,8H2,1H3,(H2,13,14). The van der Waals surface area contributed by atoms with E-state index in [1.165, 1.54) is 11.8 Å². The molecule has 1 aromatic rings. The Kier molecular flexibility index (Phi) is 6.30. The summed E-state index contributed by atoms with van der Waals surface area (Å²) in [6, 6.07) is 7.72. The molecule has 0 aromatic heterocycles. The van der Waals surface area contributed by atoms with E-state index in [1.807, 2.05) is 24.3 Å². The van der Waals surface area contributed by atoms with Gasteiger partial charge in [-0.25, -0.2) is 0 Å². The van der Waals surface area contributed by atoms with E-state index >= 15 is 0 Å². The maximum Gasteiger partial charge on any atom is 0.154 e. The molecule has 0 aliphatic rings. The Morgan fingerprint density at radius 2 is 2.38 bits per heavy atom. The monoisotopic (exact) mass is 258 g/mol. The molecule has 1 aromatic carbocycles. The lowest BCUT2D eigenvalue weighted by molar-refractivity contribution is 0.208. The molecule has 88 valence electrons. The van der Waals surface area contributed by atoms with Crippen molar-refractivity contribution in [3.63, 3.8) is 0 Å². The number of aliphatic imine (C=N–C) groups is 1. The molecular weight excluding hydrogens is 244 g/mol. The minimum absolute atomic E-state index is 0.581. The molecule has 0 bridgehead atoms. The molecule has 0 unspecified atom stereocenters. The summed E-state index contributed by atoms with van der Waals surface area (Å²) in [4.78, 5) is 4.15. The lowest BCUT2D eigenvalue weighted by atomic mass is 10.2. The van der Waals surface area contributed by atoms with E-state index in [0.717, 1.165) is 16.3 Å². The van der Waals surface area contributed by atoms with E-state index in [1.54, 1.807) is 7.11 Å². The van der Waals surface area contributed by atoms with E-state index in [2.05, 4.69) is 4.99 Å². The van der Waals surface area contributed by atoms with Gasteiger partial charge in [0.25, 0.3) is 0 Å². The third kappa shape index (κ3) is 5.39. The molecule has 0 aliphatic heterocycles.